The van der Waals surface area contributed by atoms with E-state index in [1.165, 1.54) is 17.8 Å². The Hall–Kier alpha value is -1.81. The Morgan fingerprint density at radius 2 is 1.95 bits per heavy atom. The molecule has 2 aromatic rings. The van der Waals surface area contributed by atoms with Gasteiger partial charge < -0.3 is 5.32 Å². The molecule has 2 rings (SSSR count). The van der Waals surface area contributed by atoms with Crippen molar-refractivity contribution in [2.45, 2.75) is 26.0 Å². The van der Waals surface area contributed by atoms with Crippen LogP contribution in [0.5, 0.6) is 0 Å². The van der Waals surface area contributed by atoms with Crippen LogP contribution in [0.25, 0.3) is 0 Å². The molecule has 2 aromatic carbocycles. The van der Waals surface area contributed by atoms with Gasteiger partial charge in [0, 0.05) is 16.5 Å². The molecule has 0 heterocycles. The van der Waals surface area contributed by atoms with Crippen LogP contribution in [0.3, 0.4) is 0 Å². The molecule has 1 amide bonds. The fourth-order valence-electron chi connectivity index (χ4n) is 2.24. The summed E-state index contributed by atoms with van der Waals surface area (Å²) in [6.07, 6.45) is 0. The van der Waals surface area contributed by atoms with Crippen LogP contribution in [0.15, 0.2) is 42.5 Å². The summed E-state index contributed by atoms with van der Waals surface area (Å²) in [5, 5.41) is 2.84. The number of thioether (sulfide) groups is 1. The van der Waals surface area contributed by atoms with Crippen molar-refractivity contribution in [2.75, 3.05) is 11.1 Å². The summed E-state index contributed by atoms with van der Waals surface area (Å²) in [6, 6.07) is 12.6. The fraction of sp³-hybridized carbons (Fsp3) is 0.278. The second kappa shape index (κ2) is 7.45. The first-order chi connectivity index (χ1) is 10.5. The van der Waals surface area contributed by atoms with Crippen LogP contribution in [0.1, 0.15) is 28.9 Å². The van der Waals surface area contributed by atoms with Crippen LogP contribution in [-0.4, -0.2) is 11.7 Å². The number of hydrogen-bond acceptors (Lipinski definition) is 2. The van der Waals surface area contributed by atoms with Gasteiger partial charge >= 0.3 is 0 Å². The minimum atomic E-state index is -0.225. The van der Waals surface area contributed by atoms with Gasteiger partial charge in [0.2, 0.25) is 5.91 Å². The summed E-state index contributed by atoms with van der Waals surface area (Å²) < 4.78 is 13.7. The van der Waals surface area contributed by atoms with E-state index in [1.807, 2.05) is 45.0 Å². The molecule has 0 saturated carbocycles. The molecule has 0 aliphatic heterocycles. The maximum Gasteiger partial charge on any atom is 0.234 e. The second-order valence-corrected chi connectivity index (χ2v) is 6.67. The molecular weight excluding hydrogens is 297 g/mol. The zero-order valence-electron chi connectivity index (χ0n) is 13.0. The maximum atomic E-state index is 13.7. The maximum absolute atomic E-state index is 13.7. The topological polar surface area (TPSA) is 29.1 Å². The number of halogens is 1. The lowest BCUT2D eigenvalue weighted by Gasteiger charge is -2.13. The van der Waals surface area contributed by atoms with Crippen molar-refractivity contribution in [3.8, 4) is 0 Å². The van der Waals surface area contributed by atoms with Gasteiger partial charge in [-0.25, -0.2) is 4.39 Å². The van der Waals surface area contributed by atoms with Gasteiger partial charge in [0.15, 0.2) is 0 Å². The van der Waals surface area contributed by atoms with E-state index in [2.05, 4.69) is 5.32 Å². The van der Waals surface area contributed by atoms with Crippen molar-refractivity contribution in [3.05, 3.63) is 65.0 Å². The summed E-state index contributed by atoms with van der Waals surface area (Å²) in [5.74, 6) is 0.000415. The predicted molar refractivity (Wildman–Crippen MR) is 91.8 cm³/mol. The molecule has 0 saturated heterocycles. The highest BCUT2D eigenvalue weighted by Gasteiger charge is 2.13. The number of aryl methyl sites for hydroxylation is 2. The summed E-state index contributed by atoms with van der Waals surface area (Å²) >= 11 is 1.43. The largest absolute Gasteiger partial charge is 0.325 e. The Balaban J connectivity index is 1.91. The highest BCUT2D eigenvalue weighted by atomic mass is 32.2. The molecule has 0 spiro atoms. The third-order valence-corrected chi connectivity index (χ3v) is 4.65. The molecule has 0 aromatic heterocycles. The van der Waals surface area contributed by atoms with Gasteiger partial charge in [-0.15, -0.1) is 11.8 Å². The van der Waals surface area contributed by atoms with Crippen molar-refractivity contribution in [1.29, 1.82) is 0 Å². The minimum Gasteiger partial charge on any atom is -0.325 e. The van der Waals surface area contributed by atoms with Gasteiger partial charge in [-0.05, 0) is 38.5 Å². The highest BCUT2D eigenvalue weighted by molar-refractivity contribution is 8.00. The molecule has 0 aliphatic carbocycles. The van der Waals surface area contributed by atoms with Crippen LogP contribution in [0.2, 0.25) is 0 Å². The summed E-state index contributed by atoms with van der Waals surface area (Å²) in [4.78, 5) is 12.0. The Morgan fingerprint density at radius 1 is 1.23 bits per heavy atom. The lowest BCUT2D eigenvalue weighted by molar-refractivity contribution is -0.113. The van der Waals surface area contributed by atoms with Crippen molar-refractivity contribution in [2.24, 2.45) is 0 Å². The number of benzene rings is 2. The molecule has 0 fully saturated rings. The molecular formula is C18H20FNOS. The molecule has 1 atom stereocenters. The van der Waals surface area contributed by atoms with Crippen LogP contribution < -0.4 is 5.32 Å². The first-order valence-corrected chi connectivity index (χ1v) is 8.25. The Morgan fingerprint density at radius 3 is 2.64 bits per heavy atom. The van der Waals surface area contributed by atoms with Crippen molar-refractivity contribution in [1.82, 2.24) is 0 Å². The monoisotopic (exact) mass is 317 g/mol. The van der Waals surface area contributed by atoms with E-state index >= 15 is 0 Å². The molecule has 22 heavy (non-hydrogen) atoms. The summed E-state index contributed by atoms with van der Waals surface area (Å²) in [6.45, 7) is 5.90. The third-order valence-electron chi connectivity index (χ3n) is 3.46. The molecule has 0 aliphatic rings. The van der Waals surface area contributed by atoms with E-state index in [9.17, 15) is 9.18 Å². The number of anilines is 1. The number of hydrogen-bond donors (Lipinski definition) is 1. The first kappa shape index (κ1) is 16.6. The standard InChI is InChI=1S/C18H20FNOS/c1-12-8-9-17(13(2)10-12)20-18(21)11-22-14(3)15-6-4-5-7-16(15)19/h4-10,14H,11H2,1-3H3,(H,20,21). The lowest BCUT2D eigenvalue weighted by atomic mass is 10.1. The van der Waals surface area contributed by atoms with Crippen LogP contribution in [0, 0.1) is 19.7 Å². The zero-order chi connectivity index (χ0) is 16.1. The molecule has 4 heteroatoms. The number of carbonyl (C=O) groups is 1. The van der Waals surface area contributed by atoms with Gasteiger partial charge in [-0.3, -0.25) is 4.79 Å². The summed E-state index contributed by atoms with van der Waals surface area (Å²) in [7, 11) is 0. The van der Waals surface area contributed by atoms with Crippen molar-refractivity contribution < 1.29 is 9.18 Å². The Kier molecular flexibility index (Phi) is 5.61. The Bertz CT molecular complexity index is 672. The third kappa shape index (κ3) is 4.34. The zero-order valence-corrected chi connectivity index (χ0v) is 13.8. The fourth-order valence-corrected chi connectivity index (χ4v) is 3.08. The molecule has 1 N–H and O–H groups in total. The van der Waals surface area contributed by atoms with Gasteiger partial charge in [0.25, 0.3) is 0 Å². The van der Waals surface area contributed by atoms with E-state index in [0.29, 0.717) is 11.3 Å². The first-order valence-electron chi connectivity index (χ1n) is 7.20. The van der Waals surface area contributed by atoms with Gasteiger partial charge in [-0.2, -0.15) is 0 Å². The number of nitrogens with one attached hydrogen (secondary N) is 1. The smallest absolute Gasteiger partial charge is 0.234 e. The van der Waals surface area contributed by atoms with Crippen molar-refractivity contribution in [3.63, 3.8) is 0 Å². The van der Waals surface area contributed by atoms with E-state index in [4.69, 9.17) is 0 Å². The number of amides is 1. The van der Waals surface area contributed by atoms with Gasteiger partial charge in [0.05, 0.1) is 5.75 Å². The second-order valence-electron chi connectivity index (χ2n) is 5.34. The summed E-state index contributed by atoms with van der Waals surface area (Å²) in [5.41, 5.74) is 3.67. The van der Waals surface area contributed by atoms with Crippen LogP contribution >= 0.6 is 11.8 Å². The molecule has 0 radical (unpaired) electrons. The predicted octanol–water partition coefficient (Wildman–Crippen LogP) is 4.88. The molecule has 116 valence electrons. The average Bonchev–Trinajstić information content (AvgIpc) is 2.48. The number of rotatable bonds is 5. The SMILES string of the molecule is Cc1ccc(NC(=O)CSC(C)c2ccccc2F)c(C)c1. The van der Waals surface area contributed by atoms with Crippen LogP contribution in [-0.2, 0) is 4.79 Å². The molecule has 0 bridgehead atoms. The van der Waals surface area contributed by atoms with E-state index in [1.54, 1.807) is 12.1 Å². The molecule has 1 unspecified atom stereocenters. The Labute approximate surface area is 135 Å². The molecule has 2 nitrogen and oxygen atoms in total. The van der Waals surface area contributed by atoms with Gasteiger partial charge in [0.1, 0.15) is 5.82 Å². The van der Waals surface area contributed by atoms with E-state index in [0.717, 1.165) is 16.8 Å². The highest BCUT2D eigenvalue weighted by Crippen LogP contribution is 2.30. The van der Waals surface area contributed by atoms with E-state index in [-0.39, 0.29) is 17.0 Å². The van der Waals surface area contributed by atoms with Crippen molar-refractivity contribution >= 4 is 23.4 Å². The van der Waals surface area contributed by atoms with E-state index < -0.39 is 0 Å². The lowest BCUT2D eigenvalue weighted by Crippen LogP contribution is -2.15. The van der Waals surface area contributed by atoms with Crippen LogP contribution in [0.4, 0.5) is 10.1 Å². The normalized spacial score (nSPS) is 12.0. The average molecular weight is 317 g/mol. The quantitative estimate of drug-likeness (QED) is 0.852. The minimum absolute atomic E-state index is 0.0638. The number of carbonyl (C=O) groups excluding carboxylic acids is 1. The van der Waals surface area contributed by atoms with Gasteiger partial charge in [-0.1, -0.05) is 35.9 Å².